The van der Waals surface area contributed by atoms with Gasteiger partial charge in [0.05, 0.1) is 27.9 Å². The fraction of sp³-hybridized carbons (Fsp3) is 0.0667. The number of hydrogen-bond donors (Lipinski definition) is 1. The molecule has 0 aliphatic carbocycles. The molecule has 0 spiro atoms. The largest absolute Gasteiger partial charge is 0.321 e. The number of halogens is 2. The first-order chi connectivity index (χ1) is 9.51. The molecule has 2 rings (SSSR count). The molecule has 0 bridgehead atoms. The lowest BCUT2D eigenvalue weighted by atomic mass is 10.1. The zero-order chi connectivity index (χ0) is 14.7. The van der Waals surface area contributed by atoms with Crippen LogP contribution in [0.5, 0.6) is 0 Å². The molecule has 0 aliphatic rings. The number of carbonyl (C=O) groups excluding carboxylic acids is 1. The fourth-order valence-corrected chi connectivity index (χ4v) is 2.48. The number of nitrogens with zero attached hydrogens (tertiary/aromatic N) is 1. The highest BCUT2D eigenvalue weighted by Crippen LogP contribution is 2.25. The second-order valence-corrected chi connectivity index (χ2v) is 5.51. The summed E-state index contributed by atoms with van der Waals surface area (Å²) in [5.41, 5.74) is 2.51. The summed E-state index contributed by atoms with van der Waals surface area (Å²) in [6.07, 6.45) is 0. The van der Waals surface area contributed by atoms with Gasteiger partial charge in [-0.05, 0) is 58.7 Å². The quantitative estimate of drug-likeness (QED) is 0.865. The van der Waals surface area contributed by atoms with Crippen molar-refractivity contribution in [2.45, 2.75) is 6.92 Å². The van der Waals surface area contributed by atoms with Crippen molar-refractivity contribution in [3.8, 4) is 6.07 Å². The molecule has 0 heterocycles. The summed E-state index contributed by atoms with van der Waals surface area (Å²) in [7, 11) is 0. The van der Waals surface area contributed by atoms with Gasteiger partial charge in [0, 0.05) is 4.47 Å². The summed E-state index contributed by atoms with van der Waals surface area (Å²) in [6, 6.07) is 12.2. The first kappa shape index (κ1) is 14.6. The van der Waals surface area contributed by atoms with E-state index in [2.05, 4.69) is 21.2 Å². The molecule has 0 aromatic heterocycles. The summed E-state index contributed by atoms with van der Waals surface area (Å²) in [6.45, 7) is 1.91. The Morgan fingerprint density at radius 2 is 2.05 bits per heavy atom. The Hall–Kier alpha value is -1.83. The highest BCUT2D eigenvalue weighted by Gasteiger charge is 2.12. The number of nitrogens with one attached hydrogen (secondary N) is 1. The van der Waals surface area contributed by atoms with E-state index in [4.69, 9.17) is 16.9 Å². The standard InChI is InChI=1S/C15H10BrClN2O/c1-9-2-4-11(13(17)6-9)15(20)19-14-5-3-10(8-18)7-12(14)16/h2-7H,1H3,(H,19,20). The number of hydrogen-bond acceptors (Lipinski definition) is 2. The molecule has 0 atom stereocenters. The van der Waals surface area contributed by atoms with E-state index in [1.165, 1.54) is 0 Å². The lowest BCUT2D eigenvalue weighted by Gasteiger charge is -2.09. The Balaban J connectivity index is 2.26. The molecule has 0 saturated carbocycles. The van der Waals surface area contributed by atoms with Crippen LogP contribution in [0.1, 0.15) is 21.5 Å². The lowest BCUT2D eigenvalue weighted by Crippen LogP contribution is -2.13. The monoisotopic (exact) mass is 348 g/mol. The first-order valence-corrected chi connectivity index (χ1v) is 6.95. The Labute approximate surface area is 130 Å². The maximum Gasteiger partial charge on any atom is 0.257 e. The smallest absolute Gasteiger partial charge is 0.257 e. The second kappa shape index (κ2) is 6.08. The molecule has 3 nitrogen and oxygen atoms in total. The van der Waals surface area contributed by atoms with Crippen LogP contribution in [0, 0.1) is 18.3 Å². The number of amides is 1. The van der Waals surface area contributed by atoms with Gasteiger partial charge in [0.15, 0.2) is 0 Å². The molecular weight excluding hydrogens is 340 g/mol. The van der Waals surface area contributed by atoms with Gasteiger partial charge < -0.3 is 5.32 Å². The number of nitriles is 1. The van der Waals surface area contributed by atoms with Gasteiger partial charge in [-0.3, -0.25) is 4.79 Å². The third-order valence-electron chi connectivity index (χ3n) is 2.72. The van der Waals surface area contributed by atoms with E-state index >= 15 is 0 Å². The number of aryl methyl sites for hydroxylation is 1. The lowest BCUT2D eigenvalue weighted by molar-refractivity contribution is 0.102. The number of benzene rings is 2. The summed E-state index contributed by atoms with van der Waals surface area (Å²) >= 11 is 9.38. The van der Waals surface area contributed by atoms with Crippen molar-refractivity contribution in [2.75, 3.05) is 5.32 Å². The molecule has 0 fully saturated rings. The molecule has 0 aliphatic heterocycles. The number of rotatable bonds is 2. The minimum atomic E-state index is -0.291. The van der Waals surface area contributed by atoms with Crippen molar-refractivity contribution >= 4 is 39.1 Å². The van der Waals surface area contributed by atoms with Crippen LogP contribution in [-0.4, -0.2) is 5.91 Å². The van der Waals surface area contributed by atoms with Crippen molar-refractivity contribution in [1.82, 2.24) is 0 Å². The van der Waals surface area contributed by atoms with Gasteiger partial charge in [0.2, 0.25) is 0 Å². The van der Waals surface area contributed by atoms with Gasteiger partial charge in [-0.1, -0.05) is 17.7 Å². The van der Waals surface area contributed by atoms with Crippen molar-refractivity contribution < 1.29 is 4.79 Å². The zero-order valence-electron chi connectivity index (χ0n) is 10.6. The van der Waals surface area contributed by atoms with Crippen molar-refractivity contribution in [1.29, 1.82) is 5.26 Å². The summed E-state index contributed by atoms with van der Waals surface area (Å²) in [5.74, 6) is -0.291. The van der Waals surface area contributed by atoms with Crippen LogP contribution in [0.2, 0.25) is 5.02 Å². The first-order valence-electron chi connectivity index (χ1n) is 5.78. The van der Waals surface area contributed by atoms with Gasteiger partial charge in [-0.15, -0.1) is 0 Å². The molecule has 0 radical (unpaired) electrons. The molecule has 0 unspecified atom stereocenters. The van der Waals surface area contributed by atoms with Gasteiger partial charge in [0.25, 0.3) is 5.91 Å². The highest BCUT2D eigenvalue weighted by atomic mass is 79.9. The summed E-state index contributed by atoms with van der Waals surface area (Å²) in [4.78, 5) is 12.2. The van der Waals surface area contributed by atoms with E-state index in [9.17, 15) is 4.79 Å². The Kier molecular flexibility index (Phi) is 4.43. The third kappa shape index (κ3) is 3.19. The molecule has 5 heteroatoms. The Bertz CT molecular complexity index is 722. The van der Waals surface area contributed by atoms with Crippen LogP contribution >= 0.6 is 27.5 Å². The fourth-order valence-electron chi connectivity index (χ4n) is 1.68. The predicted molar refractivity (Wildman–Crippen MR) is 83.0 cm³/mol. The minimum Gasteiger partial charge on any atom is -0.321 e. The molecule has 2 aromatic carbocycles. The van der Waals surface area contributed by atoms with E-state index in [0.717, 1.165) is 5.56 Å². The topological polar surface area (TPSA) is 52.9 Å². The normalized spacial score (nSPS) is 9.90. The van der Waals surface area contributed by atoms with Crippen LogP contribution in [0.15, 0.2) is 40.9 Å². The predicted octanol–water partition coefficient (Wildman–Crippen LogP) is 4.53. The van der Waals surface area contributed by atoms with E-state index in [-0.39, 0.29) is 5.91 Å². The minimum absolute atomic E-state index is 0.291. The van der Waals surface area contributed by atoms with Crippen LogP contribution in [0.3, 0.4) is 0 Å². The average molecular weight is 350 g/mol. The van der Waals surface area contributed by atoms with E-state index in [1.54, 1.807) is 30.3 Å². The van der Waals surface area contributed by atoms with Crippen molar-refractivity contribution in [3.63, 3.8) is 0 Å². The van der Waals surface area contributed by atoms with E-state index < -0.39 is 0 Å². The Morgan fingerprint density at radius 3 is 2.65 bits per heavy atom. The molecule has 100 valence electrons. The Morgan fingerprint density at radius 1 is 1.30 bits per heavy atom. The maximum absolute atomic E-state index is 12.2. The van der Waals surface area contributed by atoms with Gasteiger partial charge in [-0.25, -0.2) is 0 Å². The maximum atomic E-state index is 12.2. The average Bonchev–Trinajstić information content (AvgIpc) is 2.40. The van der Waals surface area contributed by atoms with E-state index in [0.29, 0.717) is 26.3 Å². The van der Waals surface area contributed by atoms with E-state index in [1.807, 2.05) is 19.1 Å². The van der Waals surface area contributed by atoms with Crippen LogP contribution < -0.4 is 5.32 Å². The van der Waals surface area contributed by atoms with Gasteiger partial charge in [-0.2, -0.15) is 5.26 Å². The van der Waals surface area contributed by atoms with Crippen molar-refractivity contribution in [3.05, 3.63) is 62.6 Å². The van der Waals surface area contributed by atoms with Gasteiger partial charge >= 0.3 is 0 Å². The second-order valence-electron chi connectivity index (χ2n) is 4.24. The van der Waals surface area contributed by atoms with Crippen LogP contribution in [0.4, 0.5) is 5.69 Å². The molecule has 0 saturated heterocycles. The molecular formula is C15H10BrClN2O. The van der Waals surface area contributed by atoms with Gasteiger partial charge in [0.1, 0.15) is 0 Å². The third-order valence-corrected chi connectivity index (χ3v) is 3.68. The van der Waals surface area contributed by atoms with Crippen LogP contribution in [0.25, 0.3) is 0 Å². The SMILES string of the molecule is Cc1ccc(C(=O)Nc2ccc(C#N)cc2Br)c(Cl)c1. The number of carbonyl (C=O) groups is 1. The van der Waals surface area contributed by atoms with Crippen LogP contribution in [-0.2, 0) is 0 Å². The molecule has 1 N–H and O–H groups in total. The summed E-state index contributed by atoms with van der Waals surface area (Å²) in [5, 5.41) is 12.0. The number of anilines is 1. The molecule has 20 heavy (non-hydrogen) atoms. The van der Waals surface area contributed by atoms with Crippen molar-refractivity contribution in [2.24, 2.45) is 0 Å². The zero-order valence-corrected chi connectivity index (χ0v) is 12.9. The molecule has 1 amide bonds. The highest BCUT2D eigenvalue weighted by molar-refractivity contribution is 9.10. The molecule has 2 aromatic rings. The summed E-state index contributed by atoms with van der Waals surface area (Å²) < 4.78 is 0.646.